The zero-order valence-corrected chi connectivity index (χ0v) is 18.1. The number of nitrogens with zero attached hydrogens (tertiary/aromatic N) is 2. The van der Waals surface area contributed by atoms with Crippen LogP contribution in [0.3, 0.4) is 0 Å². The lowest BCUT2D eigenvalue weighted by Crippen LogP contribution is -2.30. The third-order valence-corrected chi connectivity index (χ3v) is 6.29. The maximum Gasteiger partial charge on any atom is 0.290 e. The zero-order chi connectivity index (χ0) is 20.7. The number of aliphatic hydroxyl groups excluding tert-OH is 1. The minimum Gasteiger partial charge on any atom is -0.503 e. The minimum atomic E-state index is -0.737. The van der Waals surface area contributed by atoms with Gasteiger partial charge >= 0.3 is 0 Å². The number of thiazole rings is 1. The normalized spacial score (nSPS) is 16.7. The van der Waals surface area contributed by atoms with Gasteiger partial charge < -0.3 is 14.4 Å². The summed E-state index contributed by atoms with van der Waals surface area (Å²) in [4.78, 5) is 32.5. The van der Waals surface area contributed by atoms with Gasteiger partial charge in [0.25, 0.3) is 5.91 Å². The number of furan rings is 1. The summed E-state index contributed by atoms with van der Waals surface area (Å²) < 4.78 is 6.20. The fourth-order valence-electron chi connectivity index (χ4n) is 3.51. The lowest BCUT2D eigenvalue weighted by Gasteiger charge is -2.26. The number of aromatic nitrogens is 1. The van der Waals surface area contributed by atoms with Gasteiger partial charge in [-0.3, -0.25) is 9.59 Å². The number of Topliss-reactive ketones (excluding diaryl/α,β-unsaturated/α-hetero) is 1. The molecule has 8 heteroatoms. The van der Waals surface area contributed by atoms with E-state index < -0.39 is 17.7 Å². The lowest BCUT2D eigenvalue weighted by atomic mass is 9.95. The fraction of sp³-hybridized carbons (Fsp3) is 0.190. The van der Waals surface area contributed by atoms with Gasteiger partial charge in [-0.25, -0.2) is 4.98 Å². The van der Waals surface area contributed by atoms with E-state index >= 15 is 0 Å². The number of halogens is 1. The molecule has 1 N–H and O–H groups in total. The van der Waals surface area contributed by atoms with Gasteiger partial charge in [-0.1, -0.05) is 28.1 Å². The first kappa shape index (κ1) is 19.6. The number of hydrogen-bond acceptors (Lipinski definition) is 6. The number of benzene rings is 1. The summed E-state index contributed by atoms with van der Waals surface area (Å²) >= 11 is 4.70. The average molecular weight is 473 g/mol. The van der Waals surface area contributed by atoms with Gasteiger partial charge in [-0.05, 0) is 43.7 Å². The summed E-state index contributed by atoms with van der Waals surface area (Å²) in [5, 5.41) is 11.4. The van der Waals surface area contributed by atoms with Gasteiger partial charge in [0.2, 0.25) is 5.78 Å². The van der Waals surface area contributed by atoms with Crippen molar-refractivity contribution in [3.05, 3.63) is 85.4 Å². The van der Waals surface area contributed by atoms with E-state index in [1.807, 2.05) is 31.2 Å². The highest BCUT2D eigenvalue weighted by atomic mass is 79.9. The molecular formula is C21H17BrN2O4S. The molecule has 0 radical (unpaired) electrons. The molecule has 29 heavy (non-hydrogen) atoms. The van der Waals surface area contributed by atoms with E-state index in [9.17, 15) is 14.7 Å². The van der Waals surface area contributed by atoms with E-state index in [1.165, 1.54) is 22.5 Å². The second kappa shape index (κ2) is 7.61. The quantitative estimate of drug-likeness (QED) is 0.534. The Hall–Kier alpha value is -2.71. The van der Waals surface area contributed by atoms with Gasteiger partial charge in [0.15, 0.2) is 5.76 Å². The number of aryl methyl sites for hydroxylation is 2. The highest BCUT2D eigenvalue weighted by molar-refractivity contribution is 9.10. The number of amides is 1. The predicted octanol–water partition coefficient (Wildman–Crippen LogP) is 4.89. The van der Waals surface area contributed by atoms with Crippen LogP contribution in [-0.4, -0.2) is 26.7 Å². The molecule has 1 unspecified atom stereocenters. The van der Waals surface area contributed by atoms with E-state index in [4.69, 9.17) is 4.42 Å². The third-order valence-electron chi connectivity index (χ3n) is 4.73. The van der Waals surface area contributed by atoms with Gasteiger partial charge in [-0.15, -0.1) is 11.3 Å². The molecule has 4 rings (SSSR count). The van der Waals surface area contributed by atoms with Crippen LogP contribution in [-0.2, 0) is 11.3 Å². The van der Waals surface area contributed by atoms with E-state index in [1.54, 1.807) is 19.1 Å². The van der Waals surface area contributed by atoms with E-state index in [0.29, 0.717) is 21.9 Å². The fourth-order valence-corrected chi connectivity index (χ4v) is 4.80. The Morgan fingerprint density at radius 1 is 1.31 bits per heavy atom. The first-order valence-corrected chi connectivity index (χ1v) is 10.5. The first-order chi connectivity index (χ1) is 13.9. The van der Waals surface area contributed by atoms with Crippen LogP contribution in [0.1, 0.15) is 37.7 Å². The van der Waals surface area contributed by atoms with Gasteiger partial charge in [-0.2, -0.15) is 0 Å². The van der Waals surface area contributed by atoms with E-state index in [2.05, 4.69) is 20.9 Å². The molecule has 1 atom stereocenters. The second-order valence-electron chi connectivity index (χ2n) is 6.71. The Morgan fingerprint density at radius 3 is 2.72 bits per heavy atom. The average Bonchev–Trinajstić information content (AvgIpc) is 3.37. The van der Waals surface area contributed by atoms with E-state index in [0.717, 1.165) is 9.48 Å². The minimum absolute atomic E-state index is 0.0615. The highest BCUT2D eigenvalue weighted by Gasteiger charge is 2.44. The SMILES string of the molecule is Cc1nc(C)c(C(=O)C2=C(O)C(=O)N(Cc3ccco3)C2c2cccc(Br)c2)s1. The summed E-state index contributed by atoms with van der Waals surface area (Å²) in [6.07, 6.45) is 1.52. The number of carbonyl (C=O) groups excluding carboxylic acids is 2. The number of rotatable bonds is 5. The van der Waals surface area contributed by atoms with E-state index in [-0.39, 0.29) is 17.9 Å². The molecule has 3 heterocycles. The van der Waals surface area contributed by atoms with Crippen molar-refractivity contribution in [3.8, 4) is 0 Å². The molecule has 0 saturated carbocycles. The Morgan fingerprint density at radius 2 is 2.10 bits per heavy atom. The van der Waals surface area contributed by atoms with Gasteiger partial charge in [0, 0.05) is 4.47 Å². The summed E-state index contributed by atoms with van der Waals surface area (Å²) in [7, 11) is 0. The monoisotopic (exact) mass is 472 g/mol. The van der Waals surface area contributed by atoms with Crippen molar-refractivity contribution in [1.82, 2.24) is 9.88 Å². The molecule has 6 nitrogen and oxygen atoms in total. The number of carbonyl (C=O) groups is 2. The molecule has 1 aliphatic heterocycles. The molecule has 1 aromatic carbocycles. The number of ketones is 1. The van der Waals surface area contributed by atoms with Crippen LogP contribution in [0.25, 0.3) is 0 Å². The van der Waals surface area contributed by atoms with Crippen LogP contribution in [0.4, 0.5) is 0 Å². The van der Waals surface area contributed by atoms with Gasteiger partial charge in [0.1, 0.15) is 5.76 Å². The van der Waals surface area contributed by atoms with Crippen LogP contribution in [0.2, 0.25) is 0 Å². The highest BCUT2D eigenvalue weighted by Crippen LogP contribution is 2.41. The molecule has 1 amide bonds. The van der Waals surface area contributed by atoms with Crippen molar-refractivity contribution in [2.45, 2.75) is 26.4 Å². The second-order valence-corrected chi connectivity index (χ2v) is 8.83. The molecule has 0 saturated heterocycles. The van der Waals surface area contributed by atoms with Crippen LogP contribution < -0.4 is 0 Å². The van der Waals surface area contributed by atoms with Crippen molar-refractivity contribution < 1.29 is 19.1 Å². The van der Waals surface area contributed by atoms with Gasteiger partial charge in [0.05, 0.1) is 40.0 Å². The molecule has 0 fully saturated rings. The zero-order valence-electron chi connectivity index (χ0n) is 15.7. The predicted molar refractivity (Wildman–Crippen MR) is 112 cm³/mol. The summed E-state index contributed by atoms with van der Waals surface area (Å²) in [6.45, 7) is 3.70. The van der Waals surface area contributed by atoms with Crippen LogP contribution in [0.5, 0.6) is 0 Å². The van der Waals surface area contributed by atoms with Crippen LogP contribution in [0.15, 0.2) is 62.9 Å². The lowest BCUT2D eigenvalue weighted by molar-refractivity contribution is -0.130. The molecule has 0 aliphatic carbocycles. The summed E-state index contributed by atoms with van der Waals surface area (Å²) in [5.74, 6) is -0.957. The molecule has 0 spiro atoms. The molecule has 2 aromatic heterocycles. The molecule has 3 aromatic rings. The Labute approximate surface area is 179 Å². The third kappa shape index (κ3) is 3.54. The number of hydrogen-bond donors (Lipinski definition) is 1. The maximum atomic E-state index is 13.4. The van der Waals surface area contributed by atoms with Crippen molar-refractivity contribution >= 4 is 39.0 Å². The van der Waals surface area contributed by atoms with Crippen molar-refractivity contribution in [2.75, 3.05) is 0 Å². The Balaban J connectivity index is 1.83. The largest absolute Gasteiger partial charge is 0.503 e. The Bertz CT molecular complexity index is 1130. The van der Waals surface area contributed by atoms with Crippen molar-refractivity contribution in [3.63, 3.8) is 0 Å². The standard InChI is InChI=1S/C21H17BrN2O4S/c1-11-20(29-12(2)23-11)18(25)16-17(13-5-3-6-14(22)9-13)24(21(27)19(16)26)10-15-7-4-8-28-15/h3-9,17,26H,10H2,1-2H3. The topological polar surface area (TPSA) is 83.6 Å². The van der Waals surface area contributed by atoms with Crippen molar-refractivity contribution in [1.29, 1.82) is 0 Å². The molecule has 1 aliphatic rings. The maximum absolute atomic E-state index is 13.4. The summed E-state index contributed by atoms with van der Waals surface area (Å²) in [5.41, 5.74) is 1.36. The Kier molecular flexibility index (Phi) is 5.14. The number of aliphatic hydroxyl groups is 1. The van der Waals surface area contributed by atoms with Crippen LogP contribution >= 0.6 is 27.3 Å². The summed E-state index contributed by atoms with van der Waals surface area (Å²) in [6, 6.07) is 10.1. The smallest absolute Gasteiger partial charge is 0.290 e. The molecular weight excluding hydrogens is 456 g/mol. The molecule has 148 valence electrons. The van der Waals surface area contributed by atoms with Crippen molar-refractivity contribution in [2.24, 2.45) is 0 Å². The molecule has 0 bridgehead atoms. The van der Waals surface area contributed by atoms with Crippen LogP contribution in [0, 0.1) is 13.8 Å². The first-order valence-electron chi connectivity index (χ1n) is 8.87.